The van der Waals surface area contributed by atoms with E-state index in [-0.39, 0.29) is 18.8 Å². The van der Waals surface area contributed by atoms with Crippen molar-refractivity contribution in [1.82, 2.24) is 5.32 Å². The van der Waals surface area contributed by atoms with Crippen molar-refractivity contribution < 1.29 is 19.0 Å². The van der Waals surface area contributed by atoms with E-state index in [1.54, 1.807) is 0 Å². The fraction of sp³-hybridized carbons (Fsp3) is 0.250. The molecule has 0 bridgehead atoms. The molecule has 3 atom stereocenters. The molecule has 5 heteroatoms. The number of nitrogens with one attached hydrogen (secondary N) is 1. The van der Waals surface area contributed by atoms with Gasteiger partial charge in [0.1, 0.15) is 24.6 Å². The van der Waals surface area contributed by atoms with Crippen molar-refractivity contribution in [2.24, 2.45) is 0 Å². The number of ether oxygens (including phenoxy) is 3. The largest absolute Gasteiger partial charge is 0.483 e. The van der Waals surface area contributed by atoms with Crippen molar-refractivity contribution in [2.45, 2.75) is 38.2 Å². The van der Waals surface area contributed by atoms with Crippen LogP contribution in [0.5, 0.6) is 5.75 Å². The number of carbonyl (C=O) groups excluding carboxylic acids is 1. The first kappa shape index (κ1) is 22.6. The predicted molar refractivity (Wildman–Crippen MR) is 130 cm³/mol. The number of carbonyl (C=O) groups is 1. The molecule has 4 rings (SSSR count). The van der Waals surface area contributed by atoms with Crippen LogP contribution in [0.15, 0.2) is 91.5 Å². The number of rotatable bonds is 8. The van der Waals surface area contributed by atoms with Gasteiger partial charge in [-0.1, -0.05) is 72.3 Å². The van der Waals surface area contributed by atoms with E-state index in [1.165, 1.54) is 0 Å². The summed E-state index contributed by atoms with van der Waals surface area (Å²) in [4.78, 5) is 12.4. The van der Waals surface area contributed by atoms with Gasteiger partial charge in [0.25, 0.3) is 0 Å². The van der Waals surface area contributed by atoms with Crippen molar-refractivity contribution in [1.29, 1.82) is 0 Å². The van der Waals surface area contributed by atoms with Gasteiger partial charge in [0.15, 0.2) is 0 Å². The number of amides is 1. The second kappa shape index (κ2) is 10.8. The molecule has 5 nitrogen and oxygen atoms in total. The highest BCUT2D eigenvalue weighted by Crippen LogP contribution is 2.23. The van der Waals surface area contributed by atoms with Crippen molar-refractivity contribution >= 4 is 16.9 Å². The minimum absolute atomic E-state index is 0.0792. The highest BCUT2D eigenvalue weighted by atomic mass is 16.6. The Bertz CT molecular complexity index is 1120. The topological polar surface area (TPSA) is 56.8 Å². The van der Waals surface area contributed by atoms with Crippen LogP contribution in [-0.2, 0) is 16.0 Å². The maximum Gasteiger partial charge on any atom is 0.407 e. The van der Waals surface area contributed by atoms with Gasteiger partial charge in [0, 0.05) is 6.54 Å². The minimum Gasteiger partial charge on any atom is -0.483 e. The Labute approximate surface area is 194 Å². The lowest BCUT2D eigenvalue weighted by molar-refractivity contribution is -0.0727. The van der Waals surface area contributed by atoms with Crippen molar-refractivity contribution in [3.63, 3.8) is 0 Å². The first-order valence-electron chi connectivity index (χ1n) is 11.2. The van der Waals surface area contributed by atoms with Gasteiger partial charge in [-0.05, 0) is 47.9 Å². The summed E-state index contributed by atoms with van der Waals surface area (Å²) in [6.45, 7) is 6.27. The molecule has 0 aromatic heterocycles. The number of hydrogen-bond donors (Lipinski definition) is 1. The van der Waals surface area contributed by atoms with Crippen LogP contribution >= 0.6 is 0 Å². The van der Waals surface area contributed by atoms with E-state index in [1.807, 2.05) is 79.7 Å². The first-order chi connectivity index (χ1) is 16.1. The Hall–Kier alpha value is -3.57. The second-order valence-corrected chi connectivity index (χ2v) is 8.11. The first-order valence-corrected chi connectivity index (χ1v) is 11.2. The van der Waals surface area contributed by atoms with Crippen LogP contribution in [0.25, 0.3) is 10.8 Å². The third-order valence-corrected chi connectivity index (χ3v) is 5.61. The third kappa shape index (κ3) is 6.02. The third-order valence-electron chi connectivity index (χ3n) is 5.61. The molecule has 1 aliphatic rings. The highest BCUT2D eigenvalue weighted by Gasteiger charge is 2.30. The molecule has 0 aliphatic carbocycles. The van der Waals surface area contributed by atoms with Crippen molar-refractivity contribution in [2.75, 3.05) is 6.61 Å². The molecule has 1 amide bonds. The van der Waals surface area contributed by atoms with E-state index in [0.717, 1.165) is 27.6 Å². The Morgan fingerprint density at radius 3 is 2.67 bits per heavy atom. The molecule has 0 unspecified atom stereocenters. The number of aryl methyl sites for hydroxylation is 1. The van der Waals surface area contributed by atoms with Crippen LogP contribution in [0.1, 0.15) is 17.5 Å². The Morgan fingerprint density at radius 1 is 1.06 bits per heavy atom. The molecule has 0 radical (unpaired) electrons. The smallest absolute Gasteiger partial charge is 0.407 e. The summed E-state index contributed by atoms with van der Waals surface area (Å²) in [6.07, 6.45) is 5.03. The SMILES string of the molecule is C=CC[C@@H]1C=C[C@H](Oc2ccc(C)cc2)[C@@H](COC(=O)NCc2cccc3ccccc23)O1. The average Bonchev–Trinajstić information content (AvgIpc) is 2.84. The Morgan fingerprint density at radius 2 is 1.85 bits per heavy atom. The molecule has 170 valence electrons. The number of hydrogen-bond acceptors (Lipinski definition) is 4. The van der Waals surface area contributed by atoms with E-state index < -0.39 is 12.2 Å². The Kier molecular flexibility index (Phi) is 7.43. The predicted octanol–water partition coefficient (Wildman–Crippen LogP) is 5.72. The van der Waals surface area contributed by atoms with E-state index in [2.05, 4.69) is 24.0 Å². The van der Waals surface area contributed by atoms with E-state index in [9.17, 15) is 4.79 Å². The summed E-state index contributed by atoms with van der Waals surface area (Å²) in [5.41, 5.74) is 2.19. The number of benzene rings is 3. The number of fused-ring (bicyclic) bond motifs is 1. The standard InChI is InChI=1S/C28H29NO4/c1-3-7-23-16-17-26(32-24-14-12-20(2)13-15-24)27(33-23)19-31-28(30)29-18-22-10-6-9-21-8-4-5-11-25(21)22/h3-6,8-17,23,26-27H,1,7,18-19H2,2H3,(H,29,30)/t23-,26+,27-/m1/s1. The fourth-order valence-corrected chi connectivity index (χ4v) is 3.85. The van der Waals surface area contributed by atoms with Gasteiger partial charge in [0.05, 0.1) is 6.10 Å². The zero-order valence-electron chi connectivity index (χ0n) is 18.8. The lowest BCUT2D eigenvalue weighted by Gasteiger charge is -2.32. The molecular weight excluding hydrogens is 414 g/mol. The van der Waals surface area contributed by atoms with Gasteiger partial charge in [-0.2, -0.15) is 0 Å². The fourth-order valence-electron chi connectivity index (χ4n) is 3.85. The summed E-state index contributed by atoms with van der Waals surface area (Å²) >= 11 is 0. The van der Waals surface area contributed by atoms with E-state index >= 15 is 0 Å². The van der Waals surface area contributed by atoms with Crippen LogP contribution in [0.3, 0.4) is 0 Å². The molecular formula is C28H29NO4. The van der Waals surface area contributed by atoms with E-state index in [0.29, 0.717) is 13.0 Å². The van der Waals surface area contributed by atoms with Crippen LogP contribution in [0, 0.1) is 6.92 Å². The average molecular weight is 444 g/mol. The second-order valence-electron chi connectivity index (χ2n) is 8.11. The van der Waals surface area contributed by atoms with Gasteiger partial charge in [0.2, 0.25) is 0 Å². The van der Waals surface area contributed by atoms with Crippen LogP contribution in [-0.4, -0.2) is 31.0 Å². The molecule has 1 aliphatic heterocycles. The monoisotopic (exact) mass is 443 g/mol. The van der Waals surface area contributed by atoms with Crippen LogP contribution in [0.4, 0.5) is 4.79 Å². The summed E-state index contributed by atoms with van der Waals surface area (Å²) in [5, 5.41) is 5.09. The normalized spacial score (nSPS) is 19.7. The van der Waals surface area contributed by atoms with Gasteiger partial charge >= 0.3 is 6.09 Å². The molecule has 3 aromatic rings. The molecule has 3 aromatic carbocycles. The Balaban J connectivity index is 1.36. The lowest BCUT2D eigenvalue weighted by atomic mass is 10.0. The lowest BCUT2D eigenvalue weighted by Crippen LogP contribution is -2.43. The van der Waals surface area contributed by atoms with Crippen LogP contribution < -0.4 is 10.1 Å². The zero-order chi connectivity index (χ0) is 23.0. The van der Waals surface area contributed by atoms with Gasteiger partial charge < -0.3 is 19.5 Å². The highest BCUT2D eigenvalue weighted by molar-refractivity contribution is 5.85. The molecule has 0 saturated heterocycles. The van der Waals surface area contributed by atoms with Crippen molar-refractivity contribution in [3.8, 4) is 5.75 Å². The van der Waals surface area contributed by atoms with E-state index in [4.69, 9.17) is 14.2 Å². The van der Waals surface area contributed by atoms with Gasteiger partial charge in [-0.3, -0.25) is 0 Å². The maximum atomic E-state index is 12.4. The molecule has 1 heterocycles. The minimum atomic E-state index is -0.490. The van der Waals surface area contributed by atoms with Gasteiger partial charge in [-0.15, -0.1) is 6.58 Å². The van der Waals surface area contributed by atoms with Gasteiger partial charge in [-0.25, -0.2) is 4.79 Å². The molecule has 0 saturated carbocycles. The summed E-state index contributed by atoms with van der Waals surface area (Å²) in [5.74, 6) is 0.742. The molecule has 33 heavy (non-hydrogen) atoms. The molecule has 0 spiro atoms. The summed E-state index contributed by atoms with van der Waals surface area (Å²) in [7, 11) is 0. The maximum absolute atomic E-state index is 12.4. The molecule has 0 fully saturated rings. The molecule has 1 N–H and O–H groups in total. The zero-order valence-corrected chi connectivity index (χ0v) is 18.8. The van der Waals surface area contributed by atoms with Crippen molar-refractivity contribution in [3.05, 3.63) is 103 Å². The number of alkyl carbamates (subject to hydrolysis) is 1. The summed E-state index contributed by atoms with van der Waals surface area (Å²) < 4.78 is 17.7. The van der Waals surface area contributed by atoms with Crippen LogP contribution in [0.2, 0.25) is 0 Å². The quantitative estimate of drug-likeness (QED) is 0.452. The summed E-state index contributed by atoms with van der Waals surface area (Å²) in [6, 6.07) is 22.0.